The van der Waals surface area contributed by atoms with E-state index < -0.39 is 11.7 Å². The first-order valence-corrected chi connectivity index (χ1v) is 12.3. The highest BCUT2D eigenvalue weighted by Gasteiger charge is 2.11. The van der Waals surface area contributed by atoms with Gasteiger partial charge in [-0.15, -0.1) is 36.3 Å². The Morgan fingerprint density at radius 1 is 1.26 bits per heavy atom. The highest BCUT2D eigenvalue weighted by molar-refractivity contribution is 8.02. The van der Waals surface area contributed by atoms with Crippen molar-refractivity contribution < 1.29 is 9.18 Å². The molecule has 0 saturated heterocycles. The minimum absolute atomic E-state index is 0.139. The number of halogens is 1. The summed E-state index contributed by atoms with van der Waals surface area (Å²) < 4.78 is 13.9. The summed E-state index contributed by atoms with van der Waals surface area (Å²) in [5.74, 6) is 0.295. The molecular formula is C25H28FN5OS2. The van der Waals surface area contributed by atoms with Crippen molar-refractivity contribution >= 4 is 52.9 Å². The second-order valence-corrected chi connectivity index (χ2v) is 8.84. The van der Waals surface area contributed by atoms with Gasteiger partial charge in [-0.2, -0.15) is 0 Å². The quantitative estimate of drug-likeness (QED) is 0.149. The van der Waals surface area contributed by atoms with Gasteiger partial charge in [0.05, 0.1) is 38.4 Å². The van der Waals surface area contributed by atoms with E-state index in [2.05, 4.69) is 52.4 Å². The van der Waals surface area contributed by atoms with Crippen molar-refractivity contribution in [2.75, 3.05) is 16.5 Å². The van der Waals surface area contributed by atoms with Gasteiger partial charge in [0.2, 0.25) is 0 Å². The van der Waals surface area contributed by atoms with Gasteiger partial charge >= 0.3 is 0 Å². The summed E-state index contributed by atoms with van der Waals surface area (Å²) in [6.07, 6.45) is 2.35. The van der Waals surface area contributed by atoms with Crippen molar-refractivity contribution in [3.63, 3.8) is 0 Å². The number of thioether (sulfide) groups is 1. The Kier molecular flexibility index (Phi) is 10.6. The lowest BCUT2D eigenvalue weighted by molar-refractivity contribution is 0.102. The second-order valence-electron chi connectivity index (χ2n) is 6.89. The third kappa shape index (κ3) is 7.36. The van der Waals surface area contributed by atoms with Crippen LogP contribution in [0.5, 0.6) is 0 Å². The van der Waals surface area contributed by atoms with Crippen LogP contribution in [0, 0.1) is 19.7 Å². The number of thiazole rings is 1. The molecule has 0 spiro atoms. The number of aromatic nitrogens is 2. The molecule has 0 aliphatic rings. The molecule has 3 aromatic rings. The van der Waals surface area contributed by atoms with Crippen LogP contribution in [-0.4, -0.2) is 28.5 Å². The molecule has 3 rings (SSSR count). The Labute approximate surface area is 208 Å². The van der Waals surface area contributed by atoms with E-state index in [0.29, 0.717) is 17.3 Å². The molecule has 0 saturated carbocycles. The number of anilines is 2. The highest BCUT2D eigenvalue weighted by Crippen LogP contribution is 2.29. The van der Waals surface area contributed by atoms with E-state index in [1.807, 2.05) is 12.3 Å². The fourth-order valence-corrected chi connectivity index (χ4v) is 4.51. The molecule has 0 radical (unpaired) electrons. The van der Waals surface area contributed by atoms with Crippen LogP contribution in [0.3, 0.4) is 0 Å². The Morgan fingerprint density at radius 2 is 2.03 bits per heavy atom. The molecule has 0 aliphatic heterocycles. The number of nitrogens with zero attached hydrogens (tertiary/aromatic N) is 3. The highest BCUT2D eigenvalue weighted by atomic mass is 32.2. The molecule has 2 N–H and O–H groups in total. The van der Waals surface area contributed by atoms with Crippen molar-refractivity contribution in [3.05, 3.63) is 87.6 Å². The van der Waals surface area contributed by atoms with E-state index in [1.54, 1.807) is 42.5 Å². The summed E-state index contributed by atoms with van der Waals surface area (Å²) in [5, 5.41) is 8.76. The number of hydrogen-bond acceptors (Lipinski definition) is 7. The minimum atomic E-state index is -0.470. The van der Waals surface area contributed by atoms with E-state index in [9.17, 15) is 9.18 Å². The van der Waals surface area contributed by atoms with Crippen molar-refractivity contribution in [2.45, 2.75) is 27.2 Å². The molecule has 0 atom stereocenters. The van der Waals surface area contributed by atoms with Crippen LogP contribution < -0.4 is 10.6 Å². The summed E-state index contributed by atoms with van der Waals surface area (Å²) in [4.78, 5) is 26.3. The van der Waals surface area contributed by atoms with Crippen LogP contribution >= 0.6 is 23.1 Å². The molecule has 0 fully saturated rings. The number of benzene rings is 1. The third-order valence-corrected chi connectivity index (χ3v) is 6.50. The van der Waals surface area contributed by atoms with E-state index in [4.69, 9.17) is 0 Å². The lowest BCUT2D eigenvalue weighted by Crippen LogP contribution is -2.13. The van der Waals surface area contributed by atoms with Crippen molar-refractivity contribution in [2.24, 2.45) is 4.99 Å². The van der Waals surface area contributed by atoms with E-state index in [0.717, 1.165) is 33.3 Å². The standard InChI is InChI=1S/C23H24FN5OS2.C2H4/c1-5-21-28-15(3)22(32-21)19(25-4)12-31-13-27-20-9-7-16(11-26-20)23(30)29-18-8-6-14(2)10-17(18)24;1-2/h6-12H,4-5,13H2,1-3H3,(H,26,27)(H,29,30);1-2H2/b19-12-;. The summed E-state index contributed by atoms with van der Waals surface area (Å²) in [5.41, 5.74) is 3.03. The Balaban J connectivity index is 0.00000199. The van der Waals surface area contributed by atoms with Crippen molar-refractivity contribution in [3.8, 4) is 0 Å². The molecule has 178 valence electrons. The third-order valence-electron chi connectivity index (χ3n) is 4.48. The van der Waals surface area contributed by atoms with Crippen LogP contribution in [0.2, 0.25) is 0 Å². The van der Waals surface area contributed by atoms with Crippen LogP contribution in [0.4, 0.5) is 15.9 Å². The summed E-state index contributed by atoms with van der Waals surface area (Å²) >= 11 is 3.16. The monoisotopic (exact) mass is 497 g/mol. The largest absolute Gasteiger partial charge is 0.361 e. The van der Waals surface area contributed by atoms with Gasteiger partial charge in [0.1, 0.15) is 11.6 Å². The van der Waals surface area contributed by atoms with E-state index in [1.165, 1.54) is 24.0 Å². The Bertz CT molecular complexity index is 1160. The number of carbonyl (C=O) groups is 1. The SMILES string of the molecule is C=C.C=N/C(=C\SCNc1ccc(C(=O)Nc2ccc(C)cc2F)cn1)c1sc(CC)nc1C. The van der Waals surface area contributed by atoms with Gasteiger partial charge in [-0.25, -0.2) is 14.4 Å². The predicted octanol–water partition coefficient (Wildman–Crippen LogP) is 6.71. The molecule has 9 heteroatoms. The van der Waals surface area contributed by atoms with Crippen molar-refractivity contribution in [1.29, 1.82) is 0 Å². The van der Waals surface area contributed by atoms with Gasteiger partial charge < -0.3 is 10.6 Å². The predicted molar refractivity (Wildman–Crippen MR) is 144 cm³/mol. The molecule has 0 unspecified atom stereocenters. The number of carbonyl (C=O) groups excluding carboxylic acids is 1. The van der Waals surface area contributed by atoms with Gasteiger partial charge in [-0.05, 0) is 62.2 Å². The minimum Gasteiger partial charge on any atom is -0.361 e. The molecule has 1 aromatic carbocycles. The van der Waals surface area contributed by atoms with Crippen molar-refractivity contribution in [1.82, 2.24) is 9.97 Å². The number of amides is 1. The fourth-order valence-electron chi connectivity index (χ4n) is 2.79. The normalized spacial score (nSPS) is 10.8. The molecule has 6 nitrogen and oxygen atoms in total. The number of rotatable bonds is 9. The van der Waals surface area contributed by atoms with Gasteiger partial charge in [0, 0.05) is 6.20 Å². The lowest BCUT2D eigenvalue weighted by Gasteiger charge is -2.08. The molecule has 2 heterocycles. The van der Waals surface area contributed by atoms with Gasteiger partial charge in [0.25, 0.3) is 5.91 Å². The fraction of sp³-hybridized carbons (Fsp3) is 0.200. The number of aryl methyl sites for hydroxylation is 3. The van der Waals surface area contributed by atoms with Crippen LogP contribution in [0.25, 0.3) is 5.70 Å². The number of hydrogen-bond donors (Lipinski definition) is 2. The van der Waals surface area contributed by atoms with Gasteiger partial charge in [0.15, 0.2) is 0 Å². The molecule has 1 amide bonds. The van der Waals surface area contributed by atoms with Crippen LogP contribution in [0.1, 0.15) is 38.4 Å². The topological polar surface area (TPSA) is 79.3 Å². The molecule has 0 aliphatic carbocycles. The van der Waals surface area contributed by atoms with Crippen LogP contribution in [0.15, 0.2) is 60.1 Å². The number of nitrogens with one attached hydrogen (secondary N) is 2. The van der Waals surface area contributed by atoms with Gasteiger partial charge in [-0.1, -0.05) is 13.0 Å². The smallest absolute Gasteiger partial charge is 0.257 e. The first-order chi connectivity index (χ1) is 16.4. The summed E-state index contributed by atoms with van der Waals surface area (Å²) in [7, 11) is 0. The molecular weight excluding hydrogens is 469 g/mol. The Morgan fingerprint density at radius 3 is 2.62 bits per heavy atom. The lowest BCUT2D eigenvalue weighted by atomic mass is 10.2. The average molecular weight is 498 g/mol. The second kappa shape index (κ2) is 13.4. The maximum atomic E-state index is 13.9. The zero-order valence-corrected chi connectivity index (χ0v) is 21.2. The van der Waals surface area contributed by atoms with E-state index in [-0.39, 0.29) is 5.69 Å². The maximum Gasteiger partial charge on any atom is 0.257 e. The molecule has 2 aromatic heterocycles. The molecule has 0 bridgehead atoms. The first-order valence-electron chi connectivity index (χ1n) is 10.4. The van der Waals surface area contributed by atoms with E-state index >= 15 is 0 Å². The van der Waals surface area contributed by atoms with Crippen LogP contribution in [-0.2, 0) is 6.42 Å². The summed E-state index contributed by atoms with van der Waals surface area (Å²) in [6, 6.07) is 8.00. The molecule has 34 heavy (non-hydrogen) atoms. The first kappa shape index (κ1) is 26.9. The average Bonchev–Trinajstić information content (AvgIpc) is 3.23. The maximum absolute atomic E-state index is 13.9. The number of aliphatic imine (C=N–C) groups is 1. The zero-order chi connectivity index (χ0) is 25.1. The number of pyridine rings is 1. The Hall–Kier alpha value is -3.30. The zero-order valence-electron chi connectivity index (χ0n) is 19.5. The van der Waals surface area contributed by atoms with Gasteiger partial charge in [-0.3, -0.25) is 9.79 Å². The summed E-state index contributed by atoms with van der Waals surface area (Å²) in [6.45, 7) is 15.5.